The molecular formula is C21H22N4O. The molecule has 0 unspecified atom stereocenters. The molecule has 0 bridgehead atoms. The summed E-state index contributed by atoms with van der Waals surface area (Å²) >= 11 is 0. The van der Waals surface area contributed by atoms with Crippen molar-refractivity contribution in [3.05, 3.63) is 71.8 Å². The Morgan fingerprint density at radius 1 is 1.15 bits per heavy atom. The Labute approximate surface area is 153 Å². The zero-order valence-corrected chi connectivity index (χ0v) is 14.9. The zero-order chi connectivity index (χ0) is 17.9. The van der Waals surface area contributed by atoms with Crippen LogP contribution in [0.5, 0.6) is 0 Å². The highest BCUT2D eigenvalue weighted by Crippen LogP contribution is 2.33. The largest absolute Gasteiger partial charge is 0.338 e. The molecule has 4 rings (SSSR count). The number of likely N-dealkylation sites (tertiary alicyclic amines) is 1. The molecule has 2 aromatic heterocycles. The average molecular weight is 346 g/mol. The Balaban J connectivity index is 1.57. The van der Waals surface area contributed by atoms with E-state index in [4.69, 9.17) is 0 Å². The number of aryl methyl sites for hydroxylation is 1. The van der Waals surface area contributed by atoms with Crippen LogP contribution in [0, 0.1) is 6.92 Å². The lowest BCUT2D eigenvalue weighted by Crippen LogP contribution is -2.39. The number of benzene rings is 1. The predicted molar refractivity (Wildman–Crippen MR) is 101 cm³/mol. The van der Waals surface area contributed by atoms with Crippen LogP contribution in [-0.4, -0.2) is 39.1 Å². The molecule has 0 radical (unpaired) electrons. The molecule has 132 valence electrons. The van der Waals surface area contributed by atoms with Crippen molar-refractivity contribution in [3.63, 3.8) is 0 Å². The number of nitrogens with zero attached hydrogens (tertiary/aromatic N) is 3. The number of nitrogens with one attached hydrogen (secondary N) is 1. The van der Waals surface area contributed by atoms with E-state index in [1.165, 1.54) is 5.56 Å². The van der Waals surface area contributed by atoms with Crippen LogP contribution >= 0.6 is 0 Å². The first-order valence-electron chi connectivity index (χ1n) is 9.02. The van der Waals surface area contributed by atoms with Crippen molar-refractivity contribution in [2.24, 2.45) is 0 Å². The topological polar surface area (TPSA) is 61.9 Å². The van der Waals surface area contributed by atoms with Crippen molar-refractivity contribution in [2.75, 3.05) is 13.1 Å². The number of aromatic amines is 1. The second kappa shape index (κ2) is 7.12. The van der Waals surface area contributed by atoms with Gasteiger partial charge in [0.1, 0.15) is 0 Å². The van der Waals surface area contributed by atoms with Crippen LogP contribution < -0.4 is 0 Å². The highest BCUT2D eigenvalue weighted by atomic mass is 16.2. The van der Waals surface area contributed by atoms with Gasteiger partial charge in [0.2, 0.25) is 0 Å². The number of rotatable bonds is 3. The van der Waals surface area contributed by atoms with Crippen molar-refractivity contribution in [3.8, 4) is 11.1 Å². The lowest BCUT2D eigenvalue weighted by molar-refractivity contribution is 0.0706. The third kappa shape index (κ3) is 3.25. The normalized spacial score (nSPS) is 17.3. The van der Waals surface area contributed by atoms with Gasteiger partial charge in [-0.3, -0.25) is 14.9 Å². The van der Waals surface area contributed by atoms with E-state index in [0.29, 0.717) is 12.1 Å². The van der Waals surface area contributed by atoms with Crippen LogP contribution in [0.4, 0.5) is 0 Å². The lowest BCUT2D eigenvalue weighted by atomic mass is 9.90. The van der Waals surface area contributed by atoms with E-state index in [1.807, 2.05) is 11.1 Å². The number of carbonyl (C=O) groups excluding carboxylic acids is 1. The summed E-state index contributed by atoms with van der Waals surface area (Å²) in [5, 5.41) is 7.48. The Kier molecular flexibility index (Phi) is 4.52. The fraction of sp³-hybridized carbons (Fsp3) is 0.286. The standard InChI is InChI=1S/C21H22N4O/c1-15-4-6-16(7-5-15)19-13-23-24-20(19)18-3-2-12-25(14-18)21(26)17-8-10-22-11-9-17/h4-11,13,18H,2-3,12,14H2,1H3,(H,23,24)/t18-/m1/s1. The summed E-state index contributed by atoms with van der Waals surface area (Å²) in [6.45, 7) is 3.59. The van der Waals surface area contributed by atoms with Crippen molar-refractivity contribution in [1.29, 1.82) is 0 Å². The molecule has 1 amide bonds. The van der Waals surface area contributed by atoms with E-state index in [-0.39, 0.29) is 11.8 Å². The predicted octanol–water partition coefficient (Wildman–Crippen LogP) is 3.80. The quantitative estimate of drug-likeness (QED) is 0.785. The van der Waals surface area contributed by atoms with Crippen molar-refractivity contribution in [2.45, 2.75) is 25.7 Å². The maximum atomic E-state index is 12.8. The summed E-state index contributed by atoms with van der Waals surface area (Å²) in [5.41, 5.74) is 5.36. The summed E-state index contributed by atoms with van der Waals surface area (Å²) in [6.07, 6.45) is 7.27. The summed E-state index contributed by atoms with van der Waals surface area (Å²) in [5.74, 6) is 0.349. The van der Waals surface area contributed by atoms with Crippen LogP contribution in [-0.2, 0) is 0 Å². The van der Waals surface area contributed by atoms with Gasteiger partial charge in [0.05, 0.1) is 6.20 Å². The van der Waals surface area contributed by atoms with Gasteiger partial charge < -0.3 is 4.90 Å². The molecule has 1 saturated heterocycles. The van der Waals surface area contributed by atoms with Gasteiger partial charge in [-0.25, -0.2) is 0 Å². The highest BCUT2D eigenvalue weighted by Gasteiger charge is 2.28. The van der Waals surface area contributed by atoms with Gasteiger partial charge >= 0.3 is 0 Å². The van der Waals surface area contributed by atoms with E-state index >= 15 is 0 Å². The number of H-pyrrole nitrogens is 1. The smallest absolute Gasteiger partial charge is 0.253 e. The van der Waals surface area contributed by atoms with Crippen LogP contribution in [0.15, 0.2) is 55.0 Å². The summed E-state index contributed by atoms with van der Waals surface area (Å²) in [7, 11) is 0. The Morgan fingerprint density at radius 2 is 1.92 bits per heavy atom. The molecule has 5 heteroatoms. The first-order valence-corrected chi connectivity index (χ1v) is 9.02. The maximum Gasteiger partial charge on any atom is 0.253 e. The van der Waals surface area contributed by atoms with Gasteiger partial charge in [-0.2, -0.15) is 5.10 Å². The Hall–Kier alpha value is -2.95. The number of hydrogen-bond donors (Lipinski definition) is 1. The Morgan fingerprint density at radius 3 is 2.69 bits per heavy atom. The monoisotopic (exact) mass is 346 g/mol. The fourth-order valence-electron chi connectivity index (χ4n) is 3.64. The van der Waals surface area contributed by atoms with Gasteiger partial charge in [0.15, 0.2) is 0 Å². The van der Waals surface area contributed by atoms with Crippen LogP contribution in [0.2, 0.25) is 0 Å². The number of piperidine rings is 1. The zero-order valence-electron chi connectivity index (χ0n) is 14.9. The molecule has 26 heavy (non-hydrogen) atoms. The molecule has 0 saturated carbocycles. The number of hydrogen-bond acceptors (Lipinski definition) is 3. The van der Waals surface area contributed by atoms with Crippen LogP contribution in [0.3, 0.4) is 0 Å². The second-order valence-corrected chi connectivity index (χ2v) is 6.89. The van der Waals surface area contributed by atoms with Gasteiger partial charge in [-0.15, -0.1) is 0 Å². The molecule has 1 fully saturated rings. The third-order valence-electron chi connectivity index (χ3n) is 5.08. The Bertz CT molecular complexity index is 886. The lowest BCUT2D eigenvalue weighted by Gasteiger charge is -2.32. The molecule has 3 heterocycles. The molecule has 5 nitrogen and oxygen atoms in total. The van der Waals surface area contributed by atoms with E-state index < -0.39 is 0 Å². The van der Waals surface area contributed by atoms with E-state index in [9.17, 15) is 4.79 Å². The number of aromatic nitrogens is 3. The van der Waals surface area contributed by atoms with Crippen molar-refractivity contribution >= 4 is 5.91 Å². The highest BCUT2D eigenvalue weighted by molar-refractivity contribution is 5.94. The molecule has 1 N–H and O–H groups in total. The molecular weight excluding hydrogens is 324 g/mol. The number of pyridine rings is 1. The third-order valence-corrected chi connectivity index (χ3v) is 5.08. The van der Waals surface area contributed by atoms with Crippen LogP contribution in [0.1, 0.15) is 40.4 Å². The van der Waals surface area contributed by atoms with Gasteiger partial charge in [0.25, 0.3) is 5.91 Å². The van der Waals surface area contributed by atoms with E-state index in [0.717, 1.165) is 36.2 Å². The molecule has 1 aromatic carbocycles. The molecule has 1 atom stereocenters. The second-order valence-electron chi connectivity index (χ2n) is 6.89. The maximum absolute atomic E-state index is 12.8. The molecule has 3 aromatic rings. The molecule has 0 aliphatic carbocycles. The first-order chi connectivity index (χ1) is 12.7. The summed E-state index contributed by atoms with van der Waals surface area (Å²) < 4.78 is 0. The molecule has 1 aliphatic heterocycles. The van der Waals surface area contributed by atoms with Gasteiger partial charge in [-0.05, 0) is 37.5 Å². The van der Waals surface area contributed by atoms with E-state index in [1.54, 1.807) is 24.5 Å². The van der Waals surface area contributed by atoms with Crippen molar-refractivity contribution < 1.29 is 4.79 Å². The van der Waals surface area contributed by atoms with Crippen LogP contribution in [0.25, 0.3) is 11.1 Å². The summed E-state index contributed by atoms with van der Waals surface area (Å²) in [6, 6.07) is 12.1. The average Bonchev–Trinajstić information content (AvgIpc) is 3.19. The number of amides is 1. The summed E-state index contributed by atoms with van der Waals surface area (Å²) in [4.78, 5) is 18.7. The fourth-order valence-corrected chi connectivity index (χ4v) is 3.64. The molecule has 1 aliphatic rings. The SMILES string of the molecule is Cc1ccc(-c2cn[nH]c2[C@@H]2CCCN(C(=O)c3ccncc3)C2)cc1. The first kappa shape index (κ1) is 16.5. The van der Waals surface area contributed by atoms with Crippen molar-refractivity contribution in [1.82, 2.24) is 20.1 Å². The number of carbonyl (C=O) groups is 1. The minimum absolute atomic E-state index is 0.0773. The van der Waals surface area contributed by atoms with Gasteiger partial charge in [0, 0.05) is 48.2 Å². The molecule has 0 spiro atoms. The van der Waals surface area contributed by atoms with E-state index in [2.05, 4.69) is 46.4 Å². The minimum Gasteiger partial charge on any atom is -0.338 e. The van der Waals surface area contributed by atoms with Gasteiger partial charge in [-0.1, -0.05) is 29.8 Å². The minimum atomic E-state index is 0.0773.